The highest BCUT2D eigenvalue weighted by atomic mass is 16.7. The highest BCUT2D eigenvalue weighted by molar-refractivity contribution is 5.77. The minimum absolute atomic E-state index is 0.159. The molecule has 2 aromatic carbocycles. The normalized spacial score (nSPS) is 11.8. The van der Waals surface area contributed by atoms with Crippen LogP contribution in [0, 0.1) is 0 Å². The molecule has 2 heterocycles. The lowest BCUT2D eigenvalue weighted by molar-refractivity contribution is -0.123. The standard InChI is InChI=1S/C23H23N3O6/c1-2-29-17-5-3-16(4-6-17)19-8-10-23(28)26(25-19)12-11-24-22(27)14-30-18-7-9-20-21(13-18)32-15-31-20/h3-10,13H,2,11-12,14-15H2,1H3,(H,24,27). The number of aromatic nitrogens is 2. The summed E-state index contributed by atoms with van der Waals surface area (Å²) >= 11 is 0. The highest BCUT2D eigenvalue weighted by Crippen LogP contribution is 2.35. The summed E-state index contributed by atoms with van der Waals surface area (Å²) in [5, 5.41) is 7.12. The monoisotopic (exact) mass is 437 g/mol. The van der Waals surface area contributed by atoms with Crippen LogP contribution in [0.25, 0.3) is 11.3 Å². The van der Waals surface area contributed by atoms with Gasteiger partial charge >= 0.3 is 0 Å². The number of hydrogen-bond donors (Lipinski definition) is 1. The summed E-state index contributed by atoms with van der Waals surface area (Å²) in [6.07, 6.45) is 0. The molecule has 0 aliphatic carbocycles. The molecule has 0 spiro atoms. The van der Waals surface area contributed by atoms with E-state index in [1.807, 2.05) is 31.2 Å². The van der Waals surface area contributed by atoms with Gasteiger partial charge in [-0.1, -0.05) is 0 Å². The molecule has 0 saturated carbocycles. The molecule has 1 aliphatic rings. The molecule has 0 saturated heterocycles. The molecule has 0 bridgehead atoms. The van der Waals surface area contributed by atoms with Crippen LogP contribution in [0.1, 0.15) is 6.92 Å². The van der Waals surface area contributed by atoms with E-state index in [1.54, 1.807) is 24.3 Å². The van der Waals surface area contributed by atoms with Crippen LogP contribution >= 0.6 is 0 Å². The minimum Gasteiger partial charge on any atom is -0.494 e. The summed E-state index contributed by atoms with van der Waals surface area (Å²) in [6.45, 7) is 3.01. The van der Waals surface area contributed by atoms with E-state index in [-0.39, 0.29) is 38.0 Å². The van der Waals surface area contributed by atoms with Crippen LogP contribution in [-0.4, -0.2) is 42.2 Å². The van der Waals surface area contributed by atoms with Crippen molar-refractivity contribution in [3.8, 4) is 34.3 Å². The van der Waals surface area contributed by atoms with E-state index in [4.69, 9.17) is 18.9 Å². The largest absolute Gasteiger partial charge is 0.494 e. The summed E-state index contributed by atoms with van der Waals surface area (Å²) in [5.41, 5.74) is 1.28. The lowest BCUT2D eigenvalue weighted by atomic mass is 10.1. The predicted octanol–water partition coefficient (Wildman–Crippen LogP) is 2.23. The number of benzene rings is 2. The van der Waals surface area contributed by atoms with Crippen molar-refractivity contribution in [2.75, 3.05) is 26.6 Å². The maximum atomic E-state index is 12.1. The van der Waals surface area contributed by atoms with E-state index in [9.17, 15) is 9.59 Å². The zero-order valence-corrected chi connectivity index (χ0v) is 17.6. The van der Waals surface area contributed by atoms with Gasteiger partial charge in [0.25, 0.3) is 11.5 Å². The molecule has 166 valence electrons. The number of rotatable bonds is 9. The number of amides is 1. The summed E-state index contributed by atoms with van der Waals surface area (Å²) in [4.78, 5) is 24.2. The van der Waals surface area contributed by atoms with Crippen molar-refractivity contribution in [2.24, 2.45) is 0 Å². The summed E-state index contributed by atoms with van der Waals surface area (Å²) in [5.74, 6) is 2.20. The fourth-order valence-electron chi connectivity index (χ4n) is 3.12. The fraction of sp³-hybridized carbons (Fsp3) is 0.261. The second kappa shape index (κ2) is 9.86. The zero-order valence-electron chi connectivity index (χ0n) is 17.6. The number of fused-ring (bicyclic) bond motifs is 1. The zero-order chi connectivity index (χ0) is 22.3. The van der Waals surface area contributed by atoms with Gasteiger partial charge in [0, 0.05) is 24.2 Å². The van der Waals surface area contributed by atoms with E-state index >= 15 is 0 Å². The van der Waals surface area contributed by atoms with Gasteiger partial charge < -0.3 is 24.3 Å². The Morgan fingerprint density at radius 1 is 1.03 bits per heavy atom. The summed E-state index contributed by atoms with van der Waals surface area (Å²) in [6, 6.07) is 15.7. The molecule has 1 aliphatic heterocycles. The van der Waals surface area contributed by atoms with E-state index in [0.29, 0.717) is 29.5 Å². The third-order valence-electron chi connectivity index (χ3n) is 4.69. The maximum absolute atomic E-state index is 12.1. The molecule has 3 aromatic rings. The SMILES string of the molecule is CCOc1ccc(-c2ccc(=O)n(CCNC(=O)COc3ccc4c(c3)OCO4)n2)cc1. The van der Waals surface area contributed by atoms with Gasteiger partial charge in [-0.2, -0.15) is 5.10 Å². The number of nitrogens with one attached hydrogen (secondary N) is 1. The van der Waals surface area contributed by atoms with Gasteiger partial charge in [-0.05, 0) is 49.4 Å². The Morgan fingerprint density at radius 3 is 2.62 bits per heavy atom. The van der Waals surface area contributed by atoms with Crippen LogP contribution in [0.4, 0.5) is 0 Å². The van der Waals surface area contributed by atoms with Crippen LogP contribution in [-0.2, 0) is 11.3 Å². The molecule has 0 fully saturated rings. The molecule has 1 amide bonds. The van der Waals surface area contributed by atoms with E-state index in [1.165, 1.54) is 10.7 Å². The number of carbonyl (C=O) groups is 1. The Labute approximate surface area is 184 Å². The Kier molecular flexibility index (Phi) is 6.54. The second-order valence-corrected chi connectivity index (χ2v) is 6.89. The second-order valence-electron chi connectivity index (χ2n) is 6.89. The Balaban J connectivity index is 1.29. The molecule has 1 N–H and O–H groups in total. The lowest BCUT2D eigenvalue weighted by Crippen LogP contribution is -2.34. The van der Waals surface area contributed by atoms with Gasteiger partial charge in [-0.25, -0.2) is 4.68 Å². The average molecular weight is 437 g/mol. The lowest BCUT2D eigenvalue weighted by Gasteiger charge is -2.10. The van der Waals surface area contributed by atoms with Crippen molar-refractivity contribution in [1.29, 1.82) is 0 Å². The molecule has 1 aromatic heterocycles. The maximum Gasteiger partial charge on any atom is 0.266 e. The number of nitrogens with zero attached hydrogens (tertiary/aromatic N) is 2. The van der Waals surface area contributed by atoms with E-state index < -0.39 is 0 Å². The first-order chi connectivity index (χ1) is 15.6. The smallest absolute Gasteiger partial charge is 0.266 e. The van der Waals surface area contributed by atoms with E-state index in [2.05, 4.69) is 10.4 Å². The quantitative estimate of drug-likeness (QED) is 0.548. The van der Waals surface area contributed by atoms with Gasteiger partial charge in [0.1, 0.15) is 11.5 Å². The highest BCUT2D eigenvalue weighted by Gasteiger charge is 2.14. The molecule has 0 unspecified atom stereocenters. The Morgan fingerprint density at radius 2 is 1.81 bits per heavy atom. The van der Waals surface area contributed by atoms with Crippen molar-refractivity contribution >= 4 is 5.91 Å². The molecule has 4 rings (SSSR count). The fourth-order valence-corrected chi connectivity index (χ4v) is 3.12. The Hall–Kier alpha value is -4.01. The topological polar surface area (TPSA) is 101 Å². The third kappa shape index (κ3) is 5.18. The van der Waals surface area contributed by atoms with Crippen molar-refractivity contribution in [1.82, 2.24) is 15.1 Å². The number of hydrogen-bond acceptors (Lipinski definition) is 7. The molecular weight excluding hydrogens is 414 g/mol. The van der Waals surface area contributed by atoms with Gasteiger partial charge in [-0.3, -0.25) is 9.59 Å². The van der Waals surface area contributed by atoms with Crippen molar-refractivity contribution in [2.45, 2.75) is 13.5 Å². The number of ether oxygens (including phenoxy) is 4. The van der Waals surface area contributed by atoms with Crippen LogP contribution in [0.2, 0.25) is 0 Å². The first-order valence-electron chi connectivity index (χ1n) is 10.2. The molecule has 0 atom stereocenters. The average Bonchev–Trinajstić information content (AvgIpc) is 3.28. The molecule has 32 heavy (non-hydrogen) atoms. The molecule has 9 heteroatoms. The minimum atomic E-state index is -0.307. The van der Waals surface area contributed by atoms with Crippen molar-refractivity contribution in [3.05, 3.63) is 65.0 Å². The van der Waals surface area contributed by atoms with Gasteiger partial charge in [-0.15, -0.1) is 0 Å². The van der Waals surface area contributed by atoms with Gasteiger partial charge in [0.2, 0.25) is 6.79 Å². The molecular formula is C23H23N3O6. The first-order valence-corrected chi connectivity index (χ1v) is 10.2. The molecule has 9 nitrogen and oxygen atoms in total. The van der Waals surface area contributed by atoms with E-state index in [0.717, 1.165) is 11.3 Å². The van der Waals surface area contributed by atoms with Gasteiger partial charge in [0.05, 0.1) is 18.8 Å². The predicted molar refractivity (Wildman–Crippen MR) is 116 cm³/mol. The van der Waals surface area contributed by atoms with Crippen molar-refractivity contribution < 1.29 is 23.7 Å². The molecule has 0 radical (unpaired) electrons. The van der Waals surface area contributed by atoms with Gasteiger partial charge in [0.15, 0.2) is 18.1 Å². The van der Waals surface area contributed by atoms with Crippen LogP contribution in [0.5, 0.6) is 23.0 Å². The third-order valence-corrected chi connectivity index (χ3v) is 4.69. The van der Waals surface area contributed by atoms with Crippen LogP contribution < -0.4 is 29.8 Å². The summed E-state index contributed by atoms with van der Waals surface area (Å²) < 4.78 is 22.8. The van der Waals surface area contributed by atoms with Crippen molar-refractivity contribution in [3.63, 3.8) is 0 Å². The number of carbonyl (C=O) groups excluding carboxylic acids is 1. The van der Waals surface area contributed by atoms with Crippen LogP contribution in [0.3, 0.4) is 0 Å². The Bertz CT molecular complexity index is 1140. The first kappa shape index (κ1) is 21.2. The summed E-state index contributed by atoms with van der Waals surface area (Å²) in [7, 11) is 0. The van der Waals surface area contributed by atoms with Crippen LogP contribution in [0.15, 0.2) is 59.4 Å².